The Kier molecular flexibility index (Phi) is 4.89. The van der Waals surface area contributed by atoms with Crippen LogP contribution in [0.3, 0.4) is 0 Å². The van der Waals surface area contributed by atoms with Gasteiger partial charge in [-0.25, -0.2) is 4.98 Å². The second kappa shape index (κ2) is 6.43. The molecule has 1 aromatic carbocycles. The smallest absolute Gasteiger partial charge is 0.183 e. The highest BCUT2D eigenvalue weighted by atomic mass is 32.2. The Morgan fingerprint density at radius 3 is 3.06 bits per heavy atom. The number of aryl methyl sites for hydroxylation is 1. The molecule has 2 rings (SSSR count). The zero-order chi connectivity index (χ0) is 13.0. The van der Waals surface area contributed by atoms with Crippen molar-refractivity contribution < 1.29 is 0 Å². The maximum Gasteiger partial charge on any atom is 0.183 e. The van der Waals surface area contributed by atoms with Gasteiger partial charge in [0.2, 0.25) is 0 Å². The van der Waals surface area contributed by atoms with Crippen molar-refractivity contribution >= 4 is 38.4 Å². The van der Waals surface area contributed by atoms with Crippen molar-refractivity contribution in [3.63, 3.8) is 0 Å². The molecular formula is C14H20N2S2. The maximum atomic E-state index is 4.62. The molecule has 0 aliphatic carbocycles. The molecule has 0 spiro atoms. The first-order chi connectivity index (χ1) is 8.69. The van der Waals surface area contributed by atoms with Gasteiger partial charge < -0.3 is 5.32 Å². The van der Waals surface area contributed by atoms with Crippen molar-refractivity contribution in [2.75, 3.05) is 16.8 Å². The van der Waals surface area contributed by atoms with Crippen LogP contribution < -0.4 is 5.32 Å². The topological polar surface area (TPSA) is 24.9 Å². The maximum absolute atomic E-state index is 4.62. The zero-order valence-corrected chi connectivity index (χ0v) is 12.8. The zero-order valence-electron chi connectivity index (χ0n) is 11.2. The molecule has 0 saturated carbocycles. The van der Waals surface area contributed by atoms with Crippen molar-refractivity contribution in [3.8, 4) is 0 Å². The number of rotatable bonds is 6. The molecule has 1 heterocycles. The third-order valence-corrected chi connectivity index (χ3v) is 4.70. The van der Waals surface area contributed by atoms with Crippen molar-refractivity contribution in [1.82, 2.24) is 4.98 Å². The number of anilines is 1. The molecule has 1 atom stereocenters. The Morgan fingerprint density at radius 2 is 2.28 bits per heavy atom. The molecule has 2 aromatic rings. The van der Waals surface area contributed by atoms with Gasteiger partial charge in [-0.15, -0.1) is 0 Å². The summed E-state index contributed by atoms with van der Waals surface area (Å²) in [5, 5.41) is 4.55. The molecule has 98 valence electrons. The summed E-state index contributed by atoms with van der Waals surface area (Å²) in [6.07, 6.45) is 1.19. The van der Waals surface area contributed by atoms with Crippen molar-refractivity contribution in [2.45, 2.75) is 33.2 Å². The van der Waals surface area contributed by atoms with Gasteiger partial charge in [-0.3, -0.25) is 0 Å². The monoisotopic (exact) mass is 280 g/mol. The normalized spacial score (nSPS) is 12.8. The molecule has 1 unspecified atom stereocenters. The third kappa shape index (κ3) is 3.62. The van der Waals surface area contributed by atoms with Gasteiger partial charge in [-0.05, 0) is 49.5 Å². The van der Waals surface area contributed by atoms with Gasteiger partial charge in [0.15, 0.2) is 5.13 Å². The fourth-order valence-electron chi connectivity index (χ4n) is 1.78. The Hall–Kier alpha value is -0.740. The van der Waals surface area contributed by atoms with Crippen molar-refractivity contribution in [1.29, 1.82) is 0 Å². The van der Waals surface area contributed by atoms with Gasteiger partial charge in [0.1, 0.15) is 0 Å². The predicted molar refractivity (Wildman–Crippen MR) is 85.1 cm³/mol. The summed E-state index contributed by atoms with van der Waals surface area (Å²) in [5.74, 6) is 2.42. The largest absolute Gasteiger partial charge is 0.359 e. The highest BCUT2D eigenvalue weighted by Crippen LogP contribution is 2.27. The van der Waals surface area contributed by atoms with E-state index in [1.807, 2.05) is 11.8 Å². The van der Waals surface area contributed by atoms with E-state index in [4.69, 9.17) is 0 Å². The minimum atomic E-state index is 0.491. The van der Waals surface area contributed by atoms with Crippen LogP contribution in [0.25, 0.3) is 10.2 Å². The quantitative estimate of drug-likeness (QED) is 0.786. The fraction of sp³-hybridized carbons (Fsp3) is 0.500. The Balaban J connectivity index is 1.98. The Morgan fingerprint density at radius 1 is 1.44 bits per heavy atom. The third-order valence-electron chi connectivity index (χ3n) is 2.81. The molecule has 0 bridgehead atoms. The second-order valence-electron chi connectivity index (χ2n) is 4.52. The SMILES string of the molecule is CCSCCC(C)Nc1nc2ccc(C)cc2s1. The van der Waals surface area contributed by atoms with Crippen LogP contribution in [0.4, 0.5) is 5.13 Å². The second-order valence-corrected chi connectivity index (χ2v) is 6.95. The van der Waals surface area contributed by atoms with E-state index in [-0.39, 0.29) is 0 Å². The van der Waals surface area contributed by atoms with E-state index in [0.717, 1.165) is 10.6 Å². The summed E-state index contributed by atoms with van der Waals surface area (Å²) in [7, 11) is 0. The van der Waals surface area contributed by atoms with Crippen molar-refractivity contribution in [3.05, 3.63) is 23.8 Å². The summed E-state index contributed by atoms with van der Waals surface area (Å²) in [4.78, 5) is 4.62. The summed E-state index contributed by atoms with van der Waals surface area (Å²) in [5.41, 5.74) is 2.40. The number of thiazole rings is 1. The molecular weight excluding hydrogens is 260 g/mol. The Labute approximate surface area is 117 Å². The highest BCUT2D eigenvalue weighted by Gasteiger charge is 2.07. The minimum Gasteiger partial charge on any atom is -0.359 e. The van der Waals surface area contributed by atoms with Gasteiger partial charge in [-0.2, -0.15) is 11.8 Å². The van der Waals surface area contributed by atoms with E-state index in [1.54, 1.807) is 11.3 Å². The molecule has 4 heteroatoms. The number of aromatic nitrogens is 1. The molecule has 0 aliphatic rings. The van der Waals surface area contributed by atoms with Gasteiger partial charge in [-0.1, -0.05) is 24.3 Å². The van der Waals surface area contributed by atoms with Crippen LogP contribution in [0.1, 0.15) is 25.8 Å². The lowest BCUT2D eigenvalue weighted by molar-refractivity contribution is 0.771. The van der Waals surface area contributed by atoms with Gasteiger partial charge in [0.25, 0.3) is 0 Å². The average Bonchev–Trinajstić information content (AvgIpc) is 2.70. The molecule has 18 heavy (non-hydrogen) atoms. The van der Waals surface area contributed by atoms with Gasteiger partial charge in [0.05, 0.1) is 10.2 Å². The van der Waals surface area contributed by atoms with Crippen LogP contribution in [0.2, 0.25) is 0 Å². The summed E-state index contributed by atoms with van der Waals surface area (Å²) in [6.45, 7) is 6.56. The van der Waals surface area contributed by atoms with E-state index in [1.165, 1.54) is 28.2 Å². The molecule has 0 saturated heterocycles. The van der Waals surface area contributed by atoms with E-state index in [2.05, 4.69) is 49.3 Å². The highest BCUT2D eigenvalue weighted by molar-refractivity contribution is 7.99. The van der Waals surface area contributed by atoms with Crippen molar-refractivity contribution in [2.24, 2.45) is 0 Å². The number of hydrogen-bond acceptors (Lipinski definition) is 4. The molecule has 0 amide bonds. The molecule has 0 radical (unpaired) electrons. The van der Waals surface area contributed by atoms with E-state index in [9.17, 15) is 0 Å². The number of nitrogens with one attached hydrogen (secondary N) is 1. The predicted octanol–water partition coefficient (Wildman–Crippen LogP) is 4.55. The van der Waals surface area contributed by atoms with Crippen LogP contribution in [-0.2, 0) is 0 Å². The fourth-order valence-corrected chi connectivity index (χ4v) is 3.67. The summed E-state index contributed by atoms with van der Waals surface area (Å²) >= 11 is 3.75. The minimum absolute atomic E-state index is 0.491. The lowest BCUT2D eigenvalue weighted by Gasteiger charge is -2.11. The molecule has 0 aliphatic heterocycles. The van der Waals surface area contributed by atoms with Crippen LogP contribution >= 0.6 is 23.1 Å². The van der Waals surface area contributed by atoms with Gasteiger partial charge >= 0.3 is 0 Å². The number of nitrogens with zero attached hydrogens (tertiary/aromatic N) is 1. The lowest BCUT2D eigenvalue weighted by atomic mass is 10.2. The molecule has 2 nitrogen and oxygen atoms in total. The Bertz CT molecular complexity index is 507. The van der Waals surface area contributed by atoms with E-state index >= 15 is 0 Å². The summed E-state index contributed by atoms with van der Waals surface area (Å²) in [6, 6.07) is 6.91. The number of benzene rings is 1. The van der Waals surface area contributed by atoms with Crippen LogP contribution in [0.15, 0.2) is 18.2 Å². The summed E-state index contributed by atoms with van der Waals surface area (Å²) < 4.78 is 1.27. The lowest BCUT2D eigenvalue weighted by Crippen LogP contribution is -2.15. The molecule has 1 N–H and O–H groups in total. The molecule has 0 fully saturated rings. The number of thioether (sulfide) groups is 1. The number of hydrogen-bond donors (Lipinski definition) is 1. The van der Waals surface area contributed by atoms with Crippen LogP contribution in [-0.4, -0.2) is 22.5 Å². The average molecular weight is 280 g/mol. The van der Waals surface area contributed by atoms with Gasteiger partial charge in [0, 0.05) is 6.04 Å². The standard InChI is InChI=1S/C14H20N2S2/c1-4-17-8-7-11(3)15-14-16-12-6-5-10(2)9-13(12)18-14/h5-6,9,11H,4,7-8H2,1-3H3,(H,15,16). The van der Waals surface area contributed by atoms with Crippen LogP contribution in [0, 0.1) is 6.92 Å². The van der Waals surface area contributed by atoms with E-state index < -0.39 is 0 Å². The van der Waals surface area contributed by atoms with E-state index in [0.29, 0.717) is 6.04 Å². The first-order valence-electron chi connectivity index (χ1n) is 6.40. The number of fused-ring (bicyclic) bond motifs is 1. The molecule has 1 aromatic heterocycles. The van der Waals surface area contributed by atoms with Crippen LogP contribution in [0.5, 0.6) is 0 Å². The first-order valence-corrected chi connectivity index (χ1v) is 8.37. The first kappa shape index (κ1) is 13.7.